The van der Waals surface area contributed by atoms with E-state index in [-0.39, 0.29) is 11.2 Å². The lowest BCUT2D eigenvalue weighted by Crippen LogP contribution is -2.22. The second-order valence-corrected chi connectivity index (χ2v) is 3.47. The van der Waals surface area contributed by atoms with Crippen LogP contribution in [0.5, 0.6) is 0 Å². The summed E-state index contributed by atoms with van der Waals surface area (Å²) in [5, 5.41) is -0.186. The second kappa shape index (κ2) is 3.91. The van der Waals surface area contributed by atoms with Crippen molar-refractivity contribution in [2.24, 2.45) is 11.8 Å². The Bertz CT molecular complexity index is 165. The molecule has 0 radical (unpaired) electrons. The molecule has 0 saturated heterocycles. The molecule has 0 aliphatic heterocycles. The lowest BCUT2D eigenvalue weighted by Gasteiger charge is -2.25. The molecule has 1 fully saturated rings. The zero-order valence-corrected chi connectivity index (χ0v) is 7.31. The van der Waals surface area contributed by atoms with Crippen molar-refractivity contribution in [1.82, 2.24) is 0 Å². The van der Waals surface area contributed by atoms with Crippen LogP contribution in [0, 0.1) is 11.8 Å². The van der Waals surface area contributed by atoms with Gasteiger partial charge in [-0.15, -0.1) is 6.58 Å². The molecule has 1 nitrogen and oxygen atoms in total. The molecule has 1 aliphatic carbocycles. The van der Waals surface area contributed by atoms with Gasteiger partial charge in [-0.3, -0.25) is 4.79 Å². The van der Waals surface area contributed by atoms with Crippen molar-refractivity contribution in [3.63, 3.8) is 0 Å². The van der Waals surface area contributed by atoms with Gasteiger partial charge in [0.1, 0.15) is 0 Å². The number of hydrogen-bond acceptors (Lipinski definition) is 1. The van der Waals surface area contributed by atoms with Crippen LogP contribution in [0.1, 0.15) is 25.7 Å². The number of halogens is 1. The van der Waals surface area contributed by atoms with Gasteiger partial charge in [-0.05, 0) is 30.4 Å². The van der Waals surface area contributed by atoms with E-state index in [4.69, 9.17) is 11.6 Å². The van der Waals surface area contributed by atoms with E-state index in [0.717, 1.165) is 19.3 Å². The maximum Gasteiger partial charge on any atom is 0.225 e. The summed E-state index contributed by atoms with van der Waals surface area (Å²) in [6.07, 6.45) is 6.22. The molecule has 0 bridgehead atoms. The maximum absolute atomic E-state index is 10.9. The minimum atomic E-state index is -0.186. The molecule has 1 aliphatic rings. The molecule has 1 rings (SSSR count). The third-order valence-corrected chi connectivity index (χ3v) is 2.69. The summed E-state index contributed by atoms with van der Waals surface area (Å²) >= 11 is 5.44. The SMILES string of the molecule is C=C[C@H]1CCCC[C@H]1C(=O)Cl. The van der Waals surface area contributed by atoms with Gasteiger partial charge in [0, 0.05) is 5.92 Å². The molecule has 11 heavy (non-hydrogen) atoms. The third-order valence-electron chi connectivity index (χ3n) is 2.41. The standard InChI is InChI=1S/C9H13ClO/c1-2-7-5-3-4-6-8(7)9(10)11/h2,7-8H,1,3-6H2/t7-,8+/m0/s1. The van der Waals surface area contributed by atoms with Crippen LogP contribution >= 0.6 is 11.6 Å². The van der Waals surface area contributed by atoms with Gasteiger partial charge in [-0.2, -0.15) is 0 Å². The van der Waals surface area contributed by atoms with Crippen molar-refractivity contribution < 1.29 is 4.79 Å². The third kappa shape index (κ3) is 2.06. The average molecular weight is 173 g/mol. The molecular formula is C9H13ClO. The van der Waals surface area contributed by atoms with Crippen molar-refractivity contribution in [3.8, 4) is 0 Å². The fraction of sp³-hybridized carbons (Fsp3) is 0.667. The van der Waals surface area contributed by atoms with Crippen LogP contribution in [0.3, 0.4) is 0 Å². The molecule has 0 spiro atoms. The van der Waals surface area contributed by atoms with Gasteiger partial charge in [0.15, 0.2) is 0 Å². The Kier molecular flexibility index (Phi) is 3.13. The van der Waals surface area contributed by atoms with E-state index in [1.54, 1.807) is 0 Å². The van der Waals surface area contributed by atoms with Gasteiger partial charge in [0.25, 0.3) is 0 Å². The lowest BCUT2D eigenvalue weighted by atomic mass is 9.80. The molecule has 62 valence electrons. The van der Waals surface area contributed by atoms with Gasteiger partial charge in [-0.1, -0.05) is 18.9 Å². The van der Waals surface area contributed by atoms with E-state index in [0.29, 0.717) is 5.92 Å². The van der Waals surface area contributed by atoms with Crippen LogP contribution < -0.4 is 0 Å². The summed E-state index contributed by atoms with van der Waals surface area (Å²) in [5.74, 6) is 0.372. The molecule has 2 heteroatoms. The first-order chi connectivity index (χ1) is 5.25. The fourth-order valence-corrected chi connectivity index (χ4v) is 1.99. The highest BCUT2D eigenvalue weighted by Gasteiger charge is 2.27. The molecule has 0 N–H and O–H groups in total. The zero-order valence-electron chi connectivity index (χ0n) is 6.55. The van der Waals surface area contributed by atoms with Crippen molar-refractivity contribution in [2.45, 2.75) is 25.7 Å². The Hall–Kier alpha value is -0.300. The van der Waals surface area contributed by atoms with Gasteiger partial charge in [-0.25, -0.2) is 0 Å². The Morgan fingerprint density at radius 1 is 1.45 bits per heavy atom. The highest BCUT2D eigenvalue weighted by Crippen LogP contribution is 2.31. The Morgan fingerprint density at radius 3 is 2.55 bits per heavy atom. The van der Waals surface area contributed by atoms with E-state index in [2.05, 4.69) is 6.58 Å². The topological polar surface area (TPSA) is 17.1 Å². The number of rotatable bonds is 2. The molecule has 0 aromatic heterocycles. The molecule has 1 saturated carbocycles. The highest BCUT2D eigenvalue weighted by molar-refractivity contribution is 6.64. The van der Waals surface area contributed by atoms with Crippen molar-refractivity contribution in [1.29, 1.82) is 0 Å². The van der Waals surface area contributed by atoms with Crippen LogP contribution in [-0.2, 0) is 4.79 Å². The summed E-state index contributed by atoms with van der Waals surface area (Å²) in [5.41, 5.74) is 0. The molecular weight excluding hydrogens is 160 g/mol. The predicted octanol–water partition coefficient (Wildman–Crippen LogP) is 2.74. The summed E-state index contributed by atoms with van der Waals surface area (Å²) in [4.78, 5) is 10.9. The van der Waals surface area contributed by atoms with E-state index in [1.165, 1.54) is 6.42 Å². The molecule has 0 aromatic rings. The number of allylic oxidation sites excluding steroid dienone is 1. The first kappa shape index (κ1) is 8.79. The van der Waals surface area contributed by atoms with Crippen LogP contribution in [0.25, 0.3) is 0 Å². The van der Waals surface area contributed by atoms with Crippen LogP contribution in [0.15, 0.2) is 12.7 Å². The summed E-state index contributed by atoms with van der Waals surface area (Å²) in [6, 6.07) is 0. The largest absolute Gasteiger partial charge is 0.281 e. The maximum atomic E-state index is 10.9. The van der Waals surface area contributed by atoms with Crippen LogP contribution in [0.4, 0.5) is 0 Å². The van der Waals surface area contributed by atoms with E-state index in [9.17, 15) is 4.79 Å². The van der Waals surface area contributed by atoms with Crippen molar-refractivity contribution in [3.05, 3.63) is 12.7 Å². The summed E-state index contributed by atoms with van der Waals surface area (Å²) in [7, 11) is 0. The molecule has 2 atom stereocenters. The Balaban J connectivity index is 2.58. The summed E-state index contributed by atoms with van der Waals surface area (Å²) < 4.78 is 0. The minimum Gasteiger partial charge on any atom is -0.281 e. The van der Waals surface area contributed by atoms with Crippen molar-refractivity contribution in [2.75, 3.05) is 0 Å². The lowest BCUT2D eigenvalue weighted by molar-refractivity contribution is -0.117. The number of hydrogen-bond donors (Lipinski definition) is 0. The highest BCUT2D eigenvalue weighted by atomic mass is 35.5. The molecule has 0 aromatic carbocycles. The van der Waals surface area contributed by atoms with Crippen LogP contribution in [0.2, 0.25) is 0 Å². The quantitative estimate of drug-likeness (QED) is 0.463. The first-order valence-corrected chi connectivity index (χ1v) is 4.45. The fourth-order valence-electron chi connectivity index (χ4n) is 1.72. The zero-order chi connectivity index (χ0) is 8.27. The predicted molar refractivity (Wildman–Crippen MR) is 46.5 cm³/mol. The van der Waals surface area contributed by atoms with E-state index >= 15 is 0 Å². The smallest absolute Gasteiger partial charge is 0.225 e. The number of carbonyl (C=O) groups excluding carboxylic acids is 1. The van der Waals surface area contributed by atoms with Gasteiger partial charge in [0.2, 0.25) is 5.24 Å². The molecule has 0 unspecified atom stereocenters. The monoisotopic (exact) mass is 172 g/mol. The van der Waals surface area contributed by atoms with Gasteiger partial charge < -0.3 is 0 Å². The summed E-state index contributed by atoms with van der Waals surface area (Å²) in [6.45, 7) is 3.71. The first-order valence-electron chi connectivity index (χ1n) is 4.07. The second-order valence-electron chi connectivity index (χ2n) is 3.09. The van der Waals surface area contributed by atoms with Crippen LogP contribution in [-0.4, -0.2) is 5.24 Å². The Labute approximate surface area is 72.4 Å². The van der Waals surface area contributed by atoms with E-state index < -0.39 is 0 Å². The van der Waals surface area contributed by atoms with Gasteiger partial charge >= 0.3 is 0 Å². The molecule has 0 heterocycles. The minimum absolute atomic E-state index is 0.0444. The number of carbonyl (C=O) groups is 1. The average Bonchev–Trinajstić information content (AvgIpc) is 2.04. The molecule has 0 amide bonds. The van der Waals surface area contributed by atoms with E-state index in [1.807, 2.05) is 6.08 Å². The Morgan fingerprint density at radius 2 is 2.09 bits per heavy atom. The van der Waals surface area contributed by atoms with Crippen molar-refractivity contribution >= 4 is 16.8 Å². The van der Waals surface area contributed by atoms with Gasteiger partial charge in [0.05, 0.1) is 0 Å². The normalized spacial score (nSPS) is 31.4.